The third kappa shape index (κ3) is 6.05. The molecular weight excluding hydrogens is 403 g/mol. The Bertz CT molecular complexity index is 641. The second-order valence-corrected chi connectivity index (χ2v) is 5.32. The van der Waals surface area contributed by atoms with Crippen LogP contribution in [0.15, 0.2) is 47.6 Å². The SMILES string of the molecule is COc1ccc(CN=C(N)Nc2cccc(C(C)C)c2)cn1.I. The van der Waals surface area contributed by atoms with Gasteiger partial charge in [-0.05, 0) is 29.2 Å². The standard InChI is InChI=1S/C17H22N4O.HI/c1-12(2)14-5-4-6-15(9-14)21-17(18)20-11-13-7-8-16(22-3)19-10-13;/h4-10,12H,11H2,1-3H3,(H3,18,20,21);1H. The summed E-state index contributed by atoms with van der Waals surface area (Å²) >= 11 is 0. The zero-order valence-corrected chi connectivity index (χ0v) is 15.9. The summed E-state index contributed by atoms with van der Waals surface area (Å²) < 4.78 is 5.02. The molecule has 2 rings (SSSR count). The van der Waals surface area contributed by atoms with Gasteiger partial charge in [0.15, 0.2) is 5.96 Å². The fourth-order valence-corrected chi connectivity index (χ4v) is 1.96. The van der Waals surface area contributed by atoms with E-state index in [2.05, 4.69) is 41.3 Å². The minimum Gasteiger partial charge on any atom is -0.481 e. The van der Waals surface area contributed by atoms with Gasteiger partial charge in [-0.3, -0.25) is 0 Å². The van der Waals surface area contributed by atoms with Crippen molar-refractivity contribution < 1.29 is 4.74 Å². The molecule has 23 heavy (non-hydrogen) atoms. The molecule has 0 aliphatic heterocycles. The molecule has 0 saturated heterocycles. The lowest BCUT2D eigenvalue weighted by Crippen LogP contribution is -2.22. The van der Waals surface area contributed by atoms with E-state index < -0.39 is 0 Å². The molecule has 0 saturated carbocycles. The van der Waals surface area contributed by atoms with Crippen molar-refractivity contribution in [3.63, 3.8) is 0 Å². The number of nitrogens with two attached hydrogens (primary N) is 1. The van der Waals surface area contributed by atoms with E-state index in [0.29, 0.717) is 24.3 Å². The number of hydrogen-bond donors (Lipinski definition) is 2. The van der Waals surface area contributed by atoms with Gasteiger partial charge in [-0.1, -0.05) is 32.0 Å². The maximum atomic E-state index is 5.93. The van der Waals surface area contributed by atoms with Gasteiger partial charge in [0.05, 0.1) is 13.7 Å². The van der Waals surface area contributed by atoms with Crippen LogP contribution in [0, 0.1) is 0 Å². The number of pyridine rings is 1. The molecule has 5 nitrogen and oxygen atoms in total. The lowest BCUT2D eigenvalue weighted by molar-refractivity contribution is 0.397. The maximum absolute atomic E-state index is 5.93. The number of methoxy groups -OCH3 is 1. The minimum atomic E-state index is 0. The number of aromatic nitrogens is 1. The predicted molar refractivity (Wildman–Crippen MR) is 106 cm³/mol. The zero-order valence-electron chi connectivity index (χ0n) is 13.6. The normalized spacial score (nSPS) is 11.0. The number of aliphatic imine (C=N–C) groups is 1. The average Bonchev–Trinajstić information content (AvgIpc) is 2.53. The Hall–Kier alpha value is -1.83. The van der Waals surface area contributed by atoms with Crippen LogP contribution in [0.2, 0.25) is 0 Å². The molecule has 1 aromatic heterocycles. The van der Waals surface area contributed by atoms with E-state index in [-0.39, 0.29) is 24.0 Å². The minimum absolute atomic E-state index is 0. The van der Waals surface area contributed by atoms with Gasteiger partial charge in [-0.15, -0.1) is 24.0 Å². The van der Waals surface area contributed by atoms with Crippen molar-refractivity contribution in [2.75, 3.05) is 12.4 Å². The number of halogens is 1. The fraction of sp³-hybridized carbons (Fsp3) is 0.294. The molecule has 0 radical (unpaired) electrons. The Balaban J connectivity index is 0.00000264. The van der Waals surface area contributed by atoms with Gasteiger partial charge in [0.1, 0.15) is 0 Å². The summed E-state index contributed by atoms with van der Waals surface area (Å²) in [6.07, 6.45) is 1.73. The molecule has 0 aliphatic carbocycles. The summed E-state index contributed by atoms with van der Waals surface area (Å²) in [6, 6.07) is 11.9. The average molecular weight is 426 g/mol. The Morgan fingerprint density at radius 1 is 1.30 bits per heavy atom. The highest BCUT2D eigenvalue weighted by molar-refractivity contribution is 14.0. The highest BCUT2D eigenvalue weighted by Gasteiger charge is 2.01. The van der Waals surface area contributed by atoms with Crippen LogP contribution in [0.5, 0.6) is 5.88 Å². The van der Waals surface area contributed by atoms with E-state index in [1.165, 1.54) is 5.56 Å². The molecule has 124 valence electrons. The zero-order chi connectivity index (χ0) is 15.9. The van der Waals surface area contributed by atoms with Crippen molar-refractivity contribution in [1.82, 2.24) is 4.98 Å². The van der Waals surface area contributed by atoms with E-state index >= 15 is 0 Å². The molecule has 0 atom stereocenters. The number of hydrogen-bond acceptors (Lipinski definition) is 3. The Labute approximate surface area is 154 Å². The van der Waals surface area contributed by atoms with Crippen LogP contribution in [0.25, 0.3) is 0 Å². The first-order chi connectivity index (χ1) is 10.6. The summed E-state index contributed by atoms with van der Waals surface area (Å²) in [4.78, 5) is 8.46. The highest BCUT2D eigenvalue weighted by Crippen LogP contribution is 2.18. The second kappa shape index (κ2) is 9.34. The van der Waals surface area contributed by atoms with Crippen molar-refractivity contribution in [2.45, 2.75) is 26.3 Å². The van der Waals surface area contributed by atoms with Gasteiger partial charge >= 0.3 is 0 Å². The van der Waals surface area contributed by atoms with E-state index in [1.54, 1.807) is 19.4 Å². The Morgan fingerprint density at radius 3 is 2.70 bits per heavy atom. The van der Waals surface area contributed by atoms with E-state index in [1.807, 2.05) is 18.2 Å². The summed E-state index contributed by atoms with van der Waals surface area (Å²) in [6.45, 7) is 4.79. The molecule has 1 heterocycles. The van der Waals surface area contributed by atoms with Crippen molar-refractivity contribution >= 4 is 35.6 Å². The molecule has 0 bridgehead atoms. The third-order valence-electron chi connectivity index (χ3n) is 3.26. The second-order valence-electron chi connectivity index (χ2n) is 5.32. The van der Waals surface area contributed by atoms with Crippen LogP contribution in [-0.2, 0) is 6.54 Å². The lowest BCUT2D eigenvalue weighted by atomic mass is 10.0. The number of benzene rings is 1. The Kier molecular flexibility index (Phi) is 7.80. The van der Waals surface area contributed by atoms with E-state index in [0.717, 1.165) is 11.3 Å². The molecule has 6 heteroatoms. The fourth-order valence-electron chi connectivity index (χ4n) is 1.96. The van der Waals surface area contributed by atoms with Crippen LogP contribution in [0.3, 0.4) is 0 Å². The maximum Gasteiger partial charge on any atom is 0.212 e. The van der Waals surface area contributed by atoms with Crippen LogP contribution < -0.4 is 15.8 Å². The number of rotatable bonds is 5. The molecule has 1 aromatic carbocycles. The van der Waals surface area contributed by atoms with Crippen molar-refractivity contribution in [1.29, 1.82) is 0 Å². The summed E-state index contributed by atoms with van der Waals surface area (Å²) in [7, 11) is 1.59. The van der Waals surface area contributed by atoms with E-state index in [4.69, 9.17) is 10.5 Å². The first kappa shape index (κ1) is 19.2. The van der Waals surface area contributed by atoms with Gasteiger partial charge in [-0.25, -0.2) is 9.98 Å². The smallest absolute Gasteiger partial charge is 0.212 e. The molecule has 3 N–H and O–H groups in total. The monoisotopic (exact) mass is 426 g/mol. The molecular formula is C17H23IN4O. The molecule has 0 fully saturated rings. The number of ether oxygens (including phenoxy) is 1. The quantitative estimate of drug-likeness (QED) is 0.434. The van der Waals surface area contributed by atoms with Gasteiger partial charge in [0.25, 0.3) is 0 Å². The highest BCUT2D eigenvalue weighted by atomic mass is 127. The van der Waals surface area contributed by atoms with Crippen LogP contribution in [-0.4, -0.2) is 18.1 Å². The summed E-state index contributed by atoms with van der Waals surface area (Å²) in [5.74, 6) is 1.45. The largest absolute Gasteiger partial charge is 0.481 e. The number of nitrogens with one attached hydrogen (secondary N) is 1. The summed E-state index contributed by atoms with van der Waals surface area (Å²) in [5.41, 5.74) is 9.11. The number of guanidine groups is 1. The van der Waals surface area contributed by atoms with E-state index in [9.17, 15) is 0 Å². The predicted octanol–water partition coefficient (Wildman–Crippen LogP) is 3.76. The molecule has 2 aromatic rings. The molecule has 0 spiro atoms. The topological polar surface area (TPSA) is 72.5 Å². The van der Waals surface area contributed by atoms with Gasteiger partial charge in [0, 0.05) is 18.0 Å². The first-order valence-electron chi connectivity index (χ1n) is 7.24. The molecule has 0 amide bonds. The van der Waals surface area contributed by atoms with Crippen molar-refractivity contribution in [3.8, 4) is 5.88 Å². The summed E-state index contributed by atoms with van der Waals surface area (Å²) in [5, 5.41) is 3.11. The number of nitrogens with zero attached hydrogens (tertiary/aromatic N) is 2. The van der Waals surface area contributed by atoms with Crippen molar-refractivity contribution in [3.05, 3.63) is 53.7 Å². The first-order valence-corrected chi connectivity index (χ1v) is 7.24. The van der Waals surface area contributed by atoms with Crippen LogP contribution >= 0.6 is 24.0 Å². The third-order valence-corrected chi connectivity index (χ3v) is 3.26. The van der Waals surface area contributed by atoms with Gasteiger partial charge in [0.2, 0.25) is 5.88 Å². The molecule has 0 unspecified atom stereocenters. The van der Waals surface area contributed by atoms with Crippen molar-refractivity contribution in [2.24, 2.45) is 10.7 Å². The van der Waals surface area contributed by atoms with Gasteiger partial charge < -0.3 is 15.8 Å². The Morgan fingerprint density at radius 2 is 2.09 bits per heavy atom. The van der Waals surface area contributed by atoms with Crippen LogP contribution in [0.4, 0.5) is 5.69 Å². The van der Waals surface area contributed by atoms with Gasteiger partial charge in [-0.2, -0.15) is 0 Å². The lowest BCUT2D eigenvalue weighted by Gasteiger charge is -2.10. The van der Waals surface area contributed by atoms with Crippen LogP contribution in [0.1, 0.15) is 30.9 Å². The number of anilines is 1. The molecule has 0 aliphatic rings.